The van der Waals surface area contributed by atoms with Gasteiger partial charge in [-0.2, -0.15) is 10.1 Å². The first-order valence-corrected chi connectivity index (χ1v) is 9.19. The number of hydrogen-bond acceptors (Lipinski definition) is 5. The highest BCUT2D eigenvalue weighted by atomic mass is 35.5. The molecule has 0 spiro atoms. The summed E-state index contributed by atoms with van der Waals surface area (Å²) in [6.45, 7) is 0.646. The minimum atomic E-state index is -0.0339. The van der Waals surface area contributed by atoms with Crippen LogP contribution in [0.2, 0.25) is 5.02 Å². The number of benzene rings is 2. The van der Waals surface area contributed by atoms with Crippen molar-refractivity contribution in [2.24, 2.45) is 7.05 Å². The maximum Gasteiger partial charge on any atom is 0.251 e. The van der Waals surface area contributed by atoms with Crippen molar-refractivity contribution in [3.63, 3.8) is 0 Å². The summed E-state index contributed by atoms with van der Waals surface area (Å²) >= 11 is 6.48. The molecule has 0 saturated heterocycles. The van der Waals surface area contributed by atoms with Crippen LogP contribution in [0.25, 0.3) is 22.3 Å². The number of carbonyl (C=O) groups is 1. The molecule has 0 unspecified atom stereocenters. The first-order chi connectivity index (χ1) is 13.6. The minimum absolute atomic E-state index is 0.0339. The predicted molar refractivity (Wildman–Crippen MR) is 107 cm³/mol. The highest BCUT2D eigenvalue weighted by Crippen LogP contribution is 2.32. The van der Waals surface area contributed by atoms with Crippen molar-refractivity contribution in [1.29, 1.82) is 0 Å². The second-order valence-electron chi connectivity index (χ2n) is 6.64. The molecule has 28 heavy (non-hydrogen) atoms. The third-order valence-electron chi connectivity index (χ3n) is 4.86. The highest BCUT2D eigenvalue weighted by Gasteiger charge is 2.19. The van der Waals surface area contributed by atoms with Gasteiger partial charge in [-0.3, -0.25) is 9.89 Å². The van der Waals surface area contributed by atoms with Crippen LogP contribution in [0.5, 0.6) is 0 Å². The molecular formula is C19H16ClN7O. The first-order valence-electron chi connectivity index (χ1n) is 8.81. The number of hydrogen-bond donors (Lipinski definition) is 3. The number of anilines is 2. The first kappa shape index (κ1) is 16.8. The van der Waals surface area contributed by atoms with Gasteiger partial charge in [0.1, 0.15) is 0 Å². The normalized spacial score (nSPS) is 13.4. The number of carbonyl (C=O) groups excluding carboxylic acids is 1. The average Bonchev–Trinajstić information content (AvgIpc) is 3.31. The van der Waals surface area contributed by atoms with E-state index in [4.69, 9.17) is 11.6 Å². The summed E-state index contributed by atoms with van der Waals surface area (Å²) in [6.07, 6.45) is 2.49. The van der Waals surface area contributed by atoms with Crippen LogP contribution in [0, 0.1) is 0 Å². The molecule has 0 radical (unpaired) electrons. The largest absolute Gasteiger partial charge is 0.352 e. The topological polar surface area (TPSA) is 101 Å². The van der Waals surface area contributed by atoms with Gasteiger partial charge in [-0.1, -0.05) is 17.7 Å². The molecular weight excluding hydrogens is 378 g/mol. The van der Waals surface area contributed by atoms with Crippen molar-refractivity contribution >= 4 is 40.0 Å². The molecule has 2 aromatic carbocycles. The molecule has 0 aliphatic carbocycles. The van der Waals surface area contributed by atoms with E-state index in [-0.39, 0.29) is 5.91 Å². The van der Waals surface area contributed by atoms with Crippen molar-refractivity contribution in [2.45, 2.75) is 6.42 Å². The summed E-state index contributed by atoms with van der Waals surface area (Å²) in [7, 11) is 1.81. The number of rotatable bonds is 3. The Morgan fingerprint density at radius 3 is 3.04 bits per heavy atom. The van der Waals surface area contributed by atoms with E-state index in [0.29, 0.717) is 28.9 Å². The molecule has 1 aliphatic heterocycles. The summed E-state index contributed by atoms with van der Waals surface area (Å²) in [5.41, 5.74) is 4.18. The lowest BCUT2D eigenvalue weighted by Gasteiger charge is -2.16. The van der Waals surface area contributed by atoms with Crippen molar-refractivity contribution in [3.8, 4) is 11.4 Å². The molecule has 0 bridgehead atoms. The molecule has 2 aromatic heterocycles. The maximum absolute atomic E-state index is 11.9. The fraction of sp³-hybridized carbons (Fsp3) is 0.158. The molecule has 9 heteroatoms. The Balaban J connectivity index is 1.49. The minimum Gasteiger partial charge on any atom is -0.352 e. The number of nitrogens with one attached hydrogen (secondary N) is 3. The summed E-state index contributed by atoms with van der Waals surface area (Å²) in [4.78, 5) is 16.5. The van der Waals surface area contributed by atoms with E-state index in [1.807, 2.05) is 37.4 Å². The molecule has 1 aliphatic rings. The SMILES string of the molecule is Cn1nc(-c2ccc3c(c2)CCNC3=O)nc1Nc1ccc2[nH]ncc2c1Cl. The van der Waals surface area contributed by atoms with Crippen LogP contribution < -0.4 is 10.6 Å². The monoisotopic (exact) mass is 393 g/mol. The lowest BCUT2D eigenvalue weighted by molar-refractivity contribution is 0.0946. The number of fused-ring (bicyclic) bond motifs is 2. The van der Waals surface area contributed by atoms with Gasteiger partial charge in [-0.25, -0.2) is 4.68 Å². The van der Waals surface area contributed by atoms with Gasteiger partial charge in [0.2, 0.25) is 5.95 Å². The number of H-pyrrole nitrogens is 1. The lowest BCUT2D eigenvalue weighted by Crippen LogP contribution is -2.31. The zero-order chi connectivity index (χ0) is 19.3. The van der Waals surface area contributed by atoms with Crippen LogP contribution >= 0.6 is 11.6 Å². The van der Waals surface area contributed by atoms with Crippen LogP contribution in [0.1, 0.15) is 15.9 Å². The van der Waals surface area contributed by atoms with Crippen LogP contribution in [-0.2, 0) is 13.5 Å². The molecule has 3 N–H and O–H groups in total. The average molecular weight is 394 g/mol. The second-order valence-corrected chi connectivity index (χ2v) is 7.02. The third-order valence-corrected chi connectivity index (χ3v) is 5.26. The van der Waals surface area contributed by atoms with Gasteiger partial charge in [0.25, 0.3) is 5.91 Å². The Bertz CT molecular complexity index is 1230. The second kappa shape index (κ2) is 6.35. The Morgan fingerprint density at radius 1 is 1.25 bits per heavy atom. The summed E-state index contributed by atoms with van der Waals surface area (Å²) < 4.78 is 1.66. The van der Waals surface area contributed by atoms with E-state index in [9.17, 15) is 4.79 Å². The van der Waals surface area contributed by atoms with Crippen LogP contribution in [0.15, 0.2) is 36.5 Å². The van der Waals surface area contributed by atoms with Crippen molar-refractivity contribution in [1.82, 2.24) is 30.3 Å². The number of nitrogens with zero attached hydrogens (tertiary/aromatic N) is 4. The van der Waals surface area contributed by atoms with E-state index in [1.165, 1.54) is 0 Å². The molecule has 5 rings (SSSR count). The van der Waals surface area contributed by atoms with Gasteiger partial charge >= 0.3 is 0 Å². The van der Waals surface area contributed by atoms with Crippen LogP contribution in [-0.4, -0.2) is 37.4 Å². The number of aromatic nitrogens is 5. The Morgan fingerprint density at radius 2 is 2.14 bits per heavy atom. The van der Waals surface area contributed by atoms with Crippen molar-refractivity contribution in [3.05, 3.63) is 52.7 Å². The van der Waals surface area contributed by atoms with Gasteiger partial charge in [0, 0.05) is 30.1 Å². The van der Waals surface area contributed by atoms with Crippen molar-refractivity contribution < 1.29 is 4.79 Å². The fourth-order valence-electron chi connectivity index (χ4n) is 3.38. The third kappa shape index (κ3) is 2.69. The predicted octanol–water partition coefficient (Wildman–Crippen LogP) is 3.04. The Kier molecular flexibility index (Phi) is 3.80. The van der Waals surface area contributed by atoms with Gasteiger partial charge in [0.05, 0.1) is 22.4 Å². The van der Waals surface area contributed by atoms with Crippen LogP contribution in [0.3, 0.4) is 0 Å². The van der Waals surface area contributed by atoms with E-state index in [2.05, 4.69) is 30.9 Å². The van der Waals surface area contributed by atoms with E-state index in [1.54, 1.807) is 10.9 Å². The quantitative estimate of drug-likeness (QED) is 0.496. The molecule has 4 aromatic rings. The Hall–Kier alpha value is -3.39. The number of halogens is 1. The molecule has 0 atom stereocenters. The molecule has 3 heterocycles. The fourth-order valence-corrected chi connectivity index (χ4v) is 3.64. The highest BCUT2D eigenvalue weighted by molar-refractivity contribution is 6.38. The van der Waals surface area contributed by atoms with Crippen molar-refractivity contribution in [2.75, 3.05) is 11.9 Å². The smallest absolute Gasteiger partial charge is 0.251 e. The standard InChI is InChI=1S/C19H16ClN7O/c1-27-19(23-15-5-4-14-13(16(15)20)9-22-25-14)24-17(26-27)11-2-3-12-10(8-11)6-7-21-18(12)28/h2-5,8-9H,6-7H2,1H3,(H,21,28)(H,22,25)(H,23,24,26). The Labute approximate surface area is 164 Å². The summed E-state index contributed by atoms with van der Waals surface area (Å²) in [5.74, 6) is 1.11. The van der Waals surface area contributed by atoms with E-state index in [0.717, 1.165) is 34.1 Å². The summed E-state index contributed by atoms with van der Waals surface area (Å²) in [5, 5.41) is 18.9. The summed E-state index contributed by atoms with van der Waals surface area (Å²) in [6, 6.07) is 9.45. The molecule has 1 amide bonds. The molecule has 0 saturated carbocycles. The maximum atomic E-state index is 11.9. The molecule has 8 nitrogen and oxygen atoms in total. The molecule has 140 valence electrons. The van der Waals surface area contributed by atoms with Gasteiger partial charge < -0.3 is 10.6 Å². The number of aryl methyl sites for hydroxylation is 1. The van der Waals surface area contributed by atoms with Gasteiger partial charge in [0.15, 0.2) is 5.82 Å². The zero-order valence-corrected chi connectivity index (χ0v) is 15.7. The number of aromatic amines is 1. The lowest BCUT2D eigenvalue weighted by atomic mass is 9.98. The number of amides is 1. The zero-order valence-electron chi connectivity index (χ0n) is 15.0. The van der Waals surface area contributed by atoms with E-state index >= 15 is 0 Å². The van der Waals surface area contributed by atoms with E-state index < -0.39 is 0 Å². The van der Waals surface area contributed by atoms with Crippen LogP contribution in [0.4, 0.5) is 11.6 Å². The van der Waals surface area contributed by atoms with Gasteiger partial charge in [-0.05, 0) is 36.2 Å². The molecule has 0 fully saturated rings. The van der Waals surface area contributed by atoms with Gasteiger partial charge in [-0.15, -0.1) is 5.10 Å².